The van der Waals surface area contributed by atoms with Crippen LogP contribution in [0.2, 0.25) is 0 Å². The zero-order valence-electron chi connectivity index (χ0n) is 10.7. The van der Waals surface area contributed by atoms with E-state index in [1.54, 1.807) is 24.3 Å². The highest BCUT2D eigenvalue weighted by molar-refractivity contribution is 5.77. The summed E-state index contributed by atoms with van der Waals surface area (Å²) in [6.07, 6.45) is 4.44. The Labute approximate surface area is 118 Å². The van der Waals surface area contributed by atoms with Crippen LogP contribution < -0.4 is 0 Å². The van der Waals surface area contributed by atoms with Gasteiger partial charge in [0.1, 0.15) is 24.2 Å². The lowest BCUT2D eigenvalue weighted by Crippen LogP contribution is -1.86. The van der Waals surface area contributed by atoms with Crippen molar-refractivity contribution in [1.29, 1.82) is 0 Å². The van der Waals surface area contributed by atoms with Crippen molar-refractivity contribution in [2.75, 3.05) is 0 Å². The van der Waals surface area contributed by atoms with E-state index in [9.17, 15) is 10.1 Å². The summed E-state index contributed by atoms with van der Waals surface area (Å²) in [7, 11) is 0. The van der Waals surface area contributed by atoms with Crippen LogP contribution in [0.5, 0.6) is 0 Å². The van der Waals surface area contributed by atoms with Gasteiger partial charge in [-0.2, -0.15) is 5.10 Å². The molecule has 2 aromatic heterocycles. The van der Waals surface area contributed by atoms with Crippen LogP contribution in [0, 0.1) is 10.1 Å². The number of nitro benzene ring substituents is 1. The molecular formula is C13H9N5O3. The molecule has 2 heterocycles. The second-order valence-corrected chi connectivity index (χ2v) is 4.09. The molecule has 0 aliphatic carbocycles. The van der Waals surface area contributed by atoms with Crippen LogP contribution in [-0.2, 0) is 0 Å². The molecule has 0 aliphatic rings. The summed E-state index contributed by atoms with van der Waals surface area (Å²) in [5, 5.41) is 21.9. The van der Waals surface area contributed by atoms with E-state index in [1.807, 2.05) is 0 Å². The fourth-order valence-corrected chi connectivity index (χ4v) is 1.70. The summed E-state index contributed by atoms with van der Waals surface area (Å²) < 4.78 is 7.03. The van der Waals surface area contributed by atoms with Gasteiger partial charge in [-0.1, -0.05) is 0 Å². The van der Waals surface area contributed by atoms with E-state index in [0.29, 0.717) is 11.5 Å². The Kier molecular flexibility index (Phi) is 3.26. The third-order valence-electron chi connectivity index (χ3n) is 2.71. The van der Waals surface area contributed by atoms with E-state index >= 15 is 0 Å². The molecule has 0 atom stereocenters. The Morgan fingerprint density at radius 3 is 2.52 bits per heavy atom. The number of hydrogen-bond acceptors (Lipinski definition) is 6. The second-order valence-electron chi connectivity index (χ2n) is 4.09. The molecule has 3 aromatic rings. The molecule has 0 amide bonds. The molecule has 8 heteroatoms. The molecular weight excluding hydrogens is 274 g/mol. The first kappa shape index (κ1) is 12.7. The Morgan fingerprint density at radius 2 is 1.86 bits per heavy atom. The van der Waals surface area contributed by atoms with Crippen molar-refractivity contribution in [1.82, 2.24) is 14.9 Å². The molecule has 104 valence electrons. The average molecular weight is 283 g/mol. The number of furan rings is 1. The van der Waals surface area contributed by atoms with Crippen molar-refractivity contribution in [3.05, 3.63) is 64.9 Å². The number of benzene rings is 1. The molecule has 0 N–H and O–H groups in total. The average Bonchev–Trinajstić information content (AvgIpc) is 3.17. The Hall–Kier alpha value is -3.29. The highest BCUT2D eigenvalue weighted by Crippen LogP contribution is 2.23. The third-order valence-corrected chi connectivity index (χ3v) is 2.71. The fraction of sp³-hybridized carbons (Fsp3) is 0. The fourth-order valence-electron chi connectivity index (χ4n) is 1.70. The van der Waals surface area contributed by atoms with Crippen LogP contribution in [0.15, 0.2) is 58.6 Å². The smallest absolute Gasteiger partial charge is 0.269 e. The van der Waals surface area contributed by atoms with Gasteiger partial charge in [0.15, 0.2) is 0 Å². The highest BCUT2D eigenvalue weighted by Gasteiger charge is 2.07. The van der Waals surface area contributed by atoms with Crippen LogP contribution in [0.1, 0.15) is 5.76 Å². The van der Waals surface area contributed by atoms with E-state index in [4.69, 9.17) is 4.42 Å². The highest BCUT2D eigenvalue weighted by atomic mass is 16.6. The normalized spacial score (nSPS) is 11.0. The number of nitrogens with zero attached hydrogens (tertiary/aromatic N) is 5. The molecule has 0 spiro atoms. The minimum absolute atomic E-state index is 0.0414. The molecule has 3 rings (SSSR count). The van der Waals surface area contributed by atoms with Gasteiger partial charge in [0, 0.05) is 17.7 Å². The second kappa shape index (κ2) is 5.37. The van der Waals surface area contributed by atoms with Crippen molar-refractivity contribution in [2.24, 2.45) is 5.10 Å². The zero-order valence-corrected chi connectivity index (χ0v) is 10.7. The maximum Gasteiger partial charge on any atom is 0.269 e. The first-order valence-corrected chi connectivity index (χ1v) is 5.96. The SMILES string of the molecule is O=[N+]([O-])c1ccc(-c2ccc(/C=N/n3cnnc3)o2)cc1. The van der Waals surface area contributed by atoms with Gasteiger partial charge < -0.3 is 4.42 Å². The molecule has 8 nitrogen and oxygen atoms in total. The predicted molar refractivity (Wildman–Crippen MR) is 73.8 cm³/mol. The van der Waals surface area contributed by atoms with Gasteiger partial charge in [-0.25, -0.2) is 4.68 Å². The lowest BCUT2D eigenvalue weighted by Gasteiger charge is -1.96. The standard InChI is InChI=1S/C13H9N5O3/c19-18(20)11-3-1-10(2-4-11)13-6-5-12(21-13)7-16-17-8-14-15-9-17/h1-9H/b16-7+. The Balaban J connectivity index is 1.79. The topological polar surface area (TPSA) is 99.3 Å². The largest absolute Gasteiger partial charge is 0.455 e. The molecule has 0 fully saturated rings. The van der Waals surface area contributed by atoms with Gasteiger partial charge in [-0.3, -0.25) is 10.1 Å². The number of aromatic nitrogens is 3. The summed E-state index contributed by atoms with van der Waals surface area (Å²) >= 11 is 0. The summed E-state index contributed by atoms with van der Waals surface area (Å²) in [6, 6.07) is 9.67. The van der Waals surface area contributed by atoms with Gasteiger partial charge >= 0.3 is 0 Å². The molecule has 0 unspecified atom stereocenters. The summed E-state index contributed by atoms with van der Waals surface area (Å²) in [5.74, 6) is 1.16. The maximum atomic E-state index is 10.6. The van der Waals surface area contributed by atoms with Crippen molar-refractivity contribution in [3.8, 4) is 11.3 Å². The lowest BCUT2D eigenvalue weighted by molar-refractivity contribution is -0.384. The van der Waals surface area contributed by atoms with E-state index in [-0.39, 0.29) is 5.69 Å². The molecule has 0 saturated carbocycles. The van der Waals surface area contributed by atoms with Crippen LogP contribution in [0.4, 0.5) is 5.69 Å². The van der Waals surface area contributed by atoms with Crippen molar-refractivity contribution < 1.29 is 9.34 Å². The molecule has 0 radical (unpaired) electrons. The maximum absolute atomic E-state index is 10.6. The lowest BCUT2D eigenvalue weighted by atomic mass is 10.1. The van der Waals surface area contributed by atoms with E-state index in [1.165, 1.54) is 35.7 Å². The third kappa shape index (κ3) is 2.84. The van der Waals surface area contributed by atoms with E-state index in [2.05, 4.69) is 15.3 Å². The number of rotatable bonds is 4. The monoisotopic (exact) mass is 283 g/mol. The van der Waals surface area contributed by atoms with Gasteiger partial charge in [-0.05, 0) is 24.3 Å². The first-order chi connectivity index (χ1) is 10.2. The molecule has 0 aliphatic heterocycles. The quantitative estimate of drug-likeness (QED) is 0.415. The van der Waals surface area contributed by atoms with E-state index < -0.39 is 4.92 Å². The van der Waals surface area contributed by atoms with Crippen LogP contribution in [0.25, 0.3) is 11.3 Å². The van der Waals surface area contributed by atoms with Crippen molar-refractivity contribution in [2.45, 2.75) is 0 Å². The van der Waals surface area contributed by atoms with Gasteiger partial charge in [0.25, 0.3) is 5.69 Å². The van der Waals surface area contributed by atoms with E-state index in [0.717, 1.165) is 5.56 Å². The molecule has 1 aromatic carbocycles. The zero-order chi connectivity index (χ0) is 14.7. The number of hydrogen-bond donors (Lipinski definition) is 0. The number of non-ortho nitro benzene ring substituents is 1. The minimum Gasteiger partial charge on any atom is -0.455 e. The van der Waals surface area contributed by atoms with Gasteiger partial charge in [0.05, 0.1) is 11.1 Å². The summed E-state index contributed by atoms with van der Waals surface area (Å²) in [5.41, 5.74) is 0.796. The number of nitro groups is 1. The molecule has 0 saturated heterocycles. The van der Waals surface area contributed by atoms with Crippen molar-refractivity contribution >= 4 is 11.9 Å². The van der Waals surface area contributed by atoms with Gasteiger partial charge in [-0.15, -0.1) is 10.2 Å². The Bertz CT molecular complexity index is 775. The molecule has 21 heavy (non-hydrogen) atoms. The predicted octanol–water partition coefficient (Wildman–Crippen LogP) is 2.33. The minimum atomic E-state index is -0.441. The summed E-state index contributed by atoms with van der Waals surface area (Å²) in [4.78, 5) is 10.2. The van der Waals surface area contributed by atoms with Crippen LogP contribution in [0.3, 0.4) is 0 Å². The molecule has 0 bridgehead atoms. The Morgan fingerprint density at radius 1 is 1.14 bits per heavy atom. The first-order valence-electron chi connectivity index (χ1n) is 5.96. The van der Waals surface area contributed by atoms with Gasteiger partial charge in [0.2, 0.25) is 0 Å². The van der Waals surface area contributed by atoms with Crippen LogP contribution >= 0.6 is 0 Å². The van der Waals surface area contributed by atoms with Crippen molar-refractivity contribution in [3.63, 3.8) is 0 Å². The summed E-state index contributed by atoms with van der Waals surface area (Å²) in [6.45, 7) is 0. The van der Waals surface area contributed by atoms with Crippen LogP contribution in [-0.4, -0.2) is 26.0 Å².